The first-order valence-corrected chi connectivity index (χ1v) is 5.88. The molecule has 2 nitrogen and oxygen atoms in total. The molecule has 0 bridgehead atoms. The van der Waals surface area contributed by atoms with Crippen molar-refractivity contribution < 1.29 is 4.21 Å². The van der Waals surface area contributed by atoms with E-state index >= 15 is 0 Å². The molecular weight excluding hydrogens is 190 g/mol. The summed E-state index contributed by atoms with van der Waals surface area (Å²) in [7, 11) is -0.890. The zero-order chi connectivity index (χ0) is 8.55. The van der Waals surface area contributed by atoms with Gasteiger partial charge >= 0.3 is 0 Å². The van der Waals surface area contributed by atoms with Gasteiger partial charge in [-0.1, -0.05) is 0 Å². The Bertz CT molecular complexity index is 435. The predicted molar refractivity (Wildman–Crippen MR) is 52.0 cm³/mol. The molecule has 4 heteroatoms. The Balaban J connectivity index is 2.68. The Hall–Kier alpha value is -0.740. The molecule has 1 aromatic heterocycles. The standard InChI is InChI=1S/C8H7NOS2/c1-12(10)6-2-3-7-8(4-6)11-5-9-7/h2-5H,1H3. The lowest BCUT2D eigenvalue weighted by Gasteiger charge is -1.94. The number of rotatable bonds is 1. The summed E-state index contributed by atoms with van der Waals surface area (Å²) in [6.07, 6.45) is 1.68. The summed E-state index contributed by atoms with van der Waals surface area (Å²) in [6, 6.07) is 5.70. The minimum absolute atomic E-state index is 0.867. The van der Waals surface area contributed by atoms with E-state index in [0.717, 1.165) is 15.1 Å². The van der Waals surface area contributed by atoms with Gasteiger partial charge in [-0.3, -0.25) is 4.21 Å². The number of benzene rings is 1. The van der Waals surface area contributed by atoms with E-state index in [4.69, 9.17) is 0 Å². The maximum Gasteiger partial charge on any atom is 0.0812 e. The molecule has 0 N–H and O–H groups in total. The molecule has 0 fully saturated rings. The topological polar surface area (TPSA) is 30.0 Å². The van der Waals surface area contributed by atoms with Gasteiger partial charge in [-0.25, -0.2) is 4.98 Å². The zero-order valence-electron chi connectivity index (χ0n) is 6.48. The molecule has 0 aliphatic heterocycles. The van der Waals surface area contributed by atoms with E-state index in [2.05, 4.69) is 4.98 Å². The SMILES string of the molecule is CS(=O)c1ccc2ncsc2c1. The second-order valence-corrected chi connectivity index (χ2v) is 4.70. The summed E-state index contributed by atoms with van der Waals surface area (Å²) in [6.45, 7) is 0. The summed E-state index contributed by atoms with van der Waals surface area (Å²) in [5.41, 5.74) is 2.78. The fourth-order valence-electron chi connectivity index (χ4n) is 1.01. The molecule has 0 spiro atoms. The van der Waals surface area contributed by atoms with E-state index < -0.39 is 10.8 Å². The van der Waals surface area contributed by atoms with Gasteiger partial charge in [0.1, 0.15) is 0 Å². The third-order valence-electron chi connectivity index (χ3n) is 1.63. The average Bonchev–Trinajstić information content (AvgIpc) is 2.49. The molecule has 0 saturated carbocycles. The van der Waals surface area contributed by atoms with Crippen LogP contribution in [0.4, 0.5) is 0 Å². The second kappa shape index (κ2) is 2.95. The Morgan fingerprint density at radius 3 is 3.08 bits per heavy atom. The third kappa shape index (κ3) is 1.28. The molecule has 1 heterocycles. The largest absolute Gasteiger partial charge is 0.255 e. The summed E-state index contributed by atoms with van der Waals surface area (Å²) in [4.78, 5) is 5.01. The van der Waals surface area contributed by atoms with Crippen LogP contribution in [0.3, 0.4) is 0 Å². The fraction of sp³-hybridized carbons (Fsp3) is 0.125. The predicted octanol–water partition coefficient (Wildman–Crippen LogP) is 2.03. The highest BCUT2D eigenvalue weighted by molar-refractivity contribution is 7.84. The Morgan fingerprint density at radius 1 is 1.50 bits per heavy atom. The molecule has 1 atom stereocenters. The van der Waals surface area contributed by atoms with E-state index in [1.165, 1.54) is 0 Å². The number of fused-ring (bicyclic) bond motifs is 1. The van der Waals surface area contributed by atoms with Gasteiger partial charge in [0.05, 0.1) is 15.7 Å². The molecule has 1 unspecified atom stereocenters. The van der Waals surface area contributed by atoms with Crippen LogP contribution in [-0.2, 0) is 10.8 Å². The van der Waals surface area contributed by atoms with Crippen molar-refractivity contribution in [3.05, 3.63) is 23.7 Å². The van der Waals surface area contributed by atoms with Crippen LogP contribution in [0, 0.1) is 0 Å². The van der Waals surface area contributed by atoms with E-state index in [1.807, 2.05) is 18.2 Å². The van der Waals surface area contributed by atoms with Crippen molar-refractivity contribution in [1.82, 2.24) is 4.98 Å². The van der Waals surface area contributed by atoms with Gasteiger partial charge in [0.2, 0.25) is 0 Å². The van der Waals surface area contributed by atoms with Crippen molar-refractivity contribution in [3.63, 3.8) is 0 Å². The summed E-state index contributed by atoms with van der Waals surface area (Å²) in [5, 5.41) is 0. The van der Waals surface area contributed by atoms with Crippen molar-refractivity contribution in [3.8, 4) is 0 Å². The monoisotopic (exact) mass is 197 g/mol. The van der Waals surface area contributed by atoms with Crippen molar-refractivity contribution in [2.24, 2.45) is 0 Å². The molecule has 1 aromatic carbocycles. The first-order chi connectivity index (χ1) is 5.77. The summed E-state index contributed by atoms with van der Waals surface area (Å²) >= 11 is 1.57. The van der Waals surface area contributed by atoms with Crippen LogP contribution in [0.1, 0.15) is 0 Å². The molecule has 0 aliphatic carbocycles. The summed E-state index contributed by atoms with van der Waals surface area (Å²) < 4.78 is 12.2. The lowest BCUT2D eigenvalue weighted by atomic mass is 10.3. The van der Waals surface area contributed by atoms with E-state index in [0.29, 0.717) is 0 Å². The van der Waals surface area contributed by atoms with E-state index in [-0.39, 0.29) is 0 Å². The van der Waals surface area contributed by atoms with Crippen LogP contribution in [0.15, 0.2) is 28.6 Å². The lowest BCUT2D eigenvalue weighted by molar-refractivity contribution is 0.687. The molecule has 12 heavy (non-hydrogen) atoms. The van der Waals surface area contributed by atoms with Gasteiger partial charge in [0, 0.05) is 22.0 Å². The normalized spacial score (nSPS) is 13.4. The molecule has 2 rings (SSSR count). The van der Waals surface area contributed by atoms with Crippen molar-refractivity contribution >= 4 is 32.4 Å². The van der Waals surface area contributed by atoms with Crippen LogP contribution in [-0.4, -0.2) is 15.4 Å². The second-order valence-electron chi connectivity index (χ2n) is 2.44. The summed E-state index contributed by atoms with van der Waals surface area (Å²) in [5.74, 6) is 0. The van der Waals surface area contributed by atoms with E-state index in [9.17, 15) is 4.21 Å². The smallest absolute Gasteiger partial charge is 0.0812 e. The highest BCUT2D eigenvalue weighted by Crippen LogP contribution is 2.20. The molecule has 2 aromatic rings. The molecule has 0 amide bonds. The van der Waals surface area contributed by atoms with Crippen molar-refractivity contribution in [2.75, 3.05) is 6.26 Å². The van der Waals surface area contributed by atoms with Crippen molar-refractivity contribution in [1.29, 1.82) is 0 Å². The number of nitrogens with zero attached hydrogens (tertiary/aromatic N) is 1. The highest BCUT2D eigenvalue weighted by Gasteiger charge is 2.00. The Morgan fingerprint density at radius 2 is 2.33 bits per heavy atom. The first kappa shape index (κ1) is 7.89. The fourth-order valence-corrected chi connectivity index (χ4v) is 2.35. The minimum atomic E-state index is -0.890. The van der Waals surface area contributed by atoms with Crippen LogP contribution in [0.25, 0.3) is 10.2 Å². The van der Waals surface area contributed by atoms with Gasteiger partial charge < -0.3 is 0 Å². The van der Waals surface area contributed by atoms with Gasteiger partial charge in [-0.2, -0.15) is 0 Å². The van der Waals surface area contributed by atoms with Gasteiger partial charge in [-0.15, -0.1) is 11.3 Å². The lowest BCUT2D eigenvalue weighted by Crippen LogP contribution is -1.85. The minimum Gasteiger partial charge on any atom is -0.255 e. The number of hydrogen-bond donors (Lipinski definition) is 0. The van der Waals surface area contributed by atoms with Crippen LogP contribution in [0.2, 0.25) is 0 Å². The molecule has 62 valence electrons. The maximum absolute atomic E-state index is 11.1. The van der Waals surface area contributed by atoms with Crippen LogP contribution in [0.5, 0.6) is 0 Å². The van der Waals surface area contributed by atoms with Crippen LogP contribution >= 0.6 is 11.3 Å². The molecule has 0 aliphatic rings. The highest BCUT2D eigenvalue weighted by atomic mass is 32.2. The Kier molecular flexibility index (Phi) is 1.94. The van der Waals surface area contributed by atoms with Gasteiger partial charge in [0.15, 0.2) is 0 Å². The quantitative estimate of drug-likeness (QED) is 0.700. The third-order valence-corrected chi connectivity index (χ3v) is 3.34. The zero-order valence-corrected chi connectivity index (χ0v) is 8.11. The molecule has 0 radical (unpaired) electrons. The van der Waals surface area contributed by atoms with E-state index in [1.54, 1.807) is 23.1 Å². The average molecular weight is 197 g/mol. The number of aromatic nitrogens is 1. The van der Waals surface area contributed by atoms with Gasteiger partial charge in [0.25, 0.3) is 0 Å². The molecule has 0 saturated heterocycles. The Labute approximate surface area is 76.7 Å². The number of thiazole rings is 1. The number of hydrogen-bond acceptors (Lipinski definition) is 3. The maximum atomic E-state index is 11.1. The van der Waals surface area contributed by atoms with Crippen molar-refractivity contribution in [2.45, 2.75) is 4.90 Å². The molecular formula is C8H7NOS2. The van der Waals surface area contributed by atoms with Gasteiger partial charge in [-0.05, 0) is 18.2 Å². The first-order valence-electron chi connectivity index (χ1n) is 3.44. The van der Waals surface area contributed by atoms with Crippen LogP contribution < -0.4 is 0 Å².